The Kier molecular flexibility index (Phi) is 4.49. The molecule has 0 aliphatic heterocycles. The van der Waals surface area contributed by atoms with Crippen molar-refractivity contribution in [2.24, 2.45) is 5.84 Å². The van der Waals surface area contributed by atoms with Crippen molar-refractivity contribution in [3.63, 3.8) is 0 Å². The van der Waals surface area contributed by atoms with Gasteiger partial charge in [0.05, 0.1) is 12.6 Å². The van der Waals surface area contributed by atoms with Crippen molar-refractivity contribution in [3.05, 3.63) is 65.5 Å². The molecule has 0 saturated heterocycles. The molecule has 0 amide bonds. The Hall–Kier alpha value is -1.91. The van der Waals surface area contributed by atoms with Gasteiger partial charge in [-0.2, -0.15) is 0 Å². The summed E-state index contributed by atoms with van der Waals surface area (Å²) in [5.41, 5.74) is 3.97. The van der Waals surface area contributed by atoms with E-state index < -0.39 is 6.04 Å². The minimum absolute atomic E-state index is 0.295. The van der Waals surface area contributed by atoms with Crippen LogP contribution in [0.1, 0.15) is 24.1 Å². The highest BCUT2D eigenvalue weighted by atomic mass is 19.1. The fourth-order valence-corrected chi connectivity index (χ4v) is 2.06. The van der Waals surface area contributed by atoms with Crippen LogP contribution in [0.4, 0.5) is 4.39 Å². The SMILES string of the molecule is CCOc1ccccc1C(NN)c1ccccc1F. The molecule has 2 aromatic rings. The number of hydrazine groups is 1. The summed E-state index contributed by atoms with van der Waals surface area (Å²) in [4.78, 5) is 0. The maximum atomic E-state index is 13.9. The Bertz CT molecular complexity index is 545. The maximum absolute atomic E-state index is 13.9. The number of halogens is 1. The van der Waals surface area contributed by atoms with Gasteiger partial charge in [0.2, 0.25) is 0 Å². The summed E-state index contributed by atoms with van der Waals surface area (Å²) in [5, 5.41) is 0. The molecule has 0 aliphatic carbocycles. The molecule has 2 aromatic carbocycles. The largest absolute Gasteiger partial charge is 0.494 e. The molecule has 2 rings (SSSR count). The summed E-state index contributed by atoms with van der Waals surface area (Å²) in [6, 6.07) is 13.6. The van der Waals surface area contributed by atoms with Gasteiger partial charge in [-0.3, -0.25) is 5.84 Å². The van der Waals surface area contributed by atoms with E-state index >= 15 is 0 Å². The summed E-state index contributed by atoms with van der Waals surface area (Å²) < 4.78 is 19.5. The van der Waals surface area contributed by atoms with E-state index in [-0.39, 0.29) is 5.82 Å². The van der Waals surface area contributed by atoms with E-state index in [2.05, 4.69) is 5.43 Å². The van der Waals surface area contributed by atoms with Gasteiger partial charge < -0.3 is 4.74 Å². The van der Waals surface area contributed by atoms with E-state index in [0.29, 0.717) is 17.9 Å². The molecular weight excluding hydrogens is 243 g/mol. The molecule has 19 heavy (non-hydrogen) atoms. The van der Waals surface area contributed by atoms with Gasteiger partial charge in [-0.25, -0.2) is 9.82 Å². The van der Waals surface area contributed by atoms with Gasteiger partial charge in [0, 0.05) is 11.1 Å². The van der Waals surface area contributed by atoms with Crippen molar-refractivity contribution in [1.82, 2.24) is 5.43 Å². The Labute approximate surface area is 112 Å². The number of para-hydroxylation sites is 1. The number of hydrogen-bond acceptors (Lipinski definition) is 3. The van der Waals surface area contributed by atoms with Crippen molar-refractivity contribution < 1.29 is 9.13 Å². The zero-order chi connectivity index (χ0) is 13.7. The van der Waals surface area contributed by atoms with Crippen LogP contribution in [0.2, 0.25) is 0 Å². The highest BCUT2D eigenvalue weighted by molar-refractivity contribution is 5.41. The van der Waals surface area contributed by atoms with Crippen LogP contribution in [0, 0.1) is 5.82 Å². The number of hydrogen-bond donors (Lipinski definition) is 2. The lowest BCUT2D eigenvalue weighted by Gasteiger charge is -2.20. The lowest BCUT2D eigenvalue weighted by molar-refractivity contribution is 0.333. The molecule has 0 saturated carbocycles. The van der Waals surface area contributed by atoms with Crippen LogP contribution in [0.3, 0.4) is 0 Å². The van der Waals surface area contributed by atoms with Crippen LogP contribution in [0.25, 0.3) is 0 Å². The molecule has 4 heteroatoms. The molecule has 0 radical (unpaired) electrons. The zero-order valence-electron chi connectivity index (χ0n) is 10.8. The Morgan fingerprint density at radius 2 is 1.74 bits per heavy atom. The lowest BCUT2D eigenvalue weighted by atomic mass is 9.98. The monoisotopic (exact) mass is 260 g/mol. The molecule has 0 spiro atoms. The number of benzene rings is 2. The van der Waals surface area contributed by atoms with Gasteiger partial charge in [-0.05, 0) is 19.1 Å². The molecule has 0 heterocycles. The first-order valence-electron chi connectivity index (χ1n) is 6.20. The van der Waals surface area contributed by atoms with Gasteiger partial charge >= 0.3 is 0 Å². The van der Waals surface area contributed by atoms with Crippen LogP contribution < -0.4 is 16.0 Å². The van der Waals surface area contributed by atoms with Crippen molar-refractivity contribution in [2.75, 3.05) is 6.61 Å². The van der Waals surface area contributed by atoms with Crippen LogP contribution >= 0.6 is 0 Å². The fraction of sp³-hybridized carbons (Fsp3) is 0.200. The minimum atomic E-state index is -0.441. The van der Waals surface area contributed by atoms with Gasteiger partial charge in [0.1, 0.15) is 11.6 Å². The standard InChI is InChI=1S/C15H17FN2O/c1-2-19-14-10-6-4-8-12(14)15(18-17)11-7-3-5-9-13(11)16/h3-10,15,18H,2,17H2,1H3. The molecule has 0 aromatic heterocycles. The highest BCUT2D eigenvalue weighted by Gasteiger charge is 2.19. The van der Waals surface area contributed by atoms with Crippen molar-refractivity contribution in [2.45, 2.75) is 13.0 Å². The second kappa shape index (κ2) is 6.31. The third-order valence-electron chi connectivity index (χ3n) is 2.91. The second-order valence-corrected chi connectivity index (χ2v) is 4.09. The van der Waals surface area contributed by atoms with Crippen LogP contribution in [0.5, 0.6) is 5.75 Å². The first-order chi connectivity index (χ1) is 9.27. The number of rotatable bonds is 5. The molecule has 1 atom stereocenters. The highest BCUT2D eigenvalue weighted by Crippen LogP contribution is 2.30. The number of nitrogens with one attached hydrogen (secondary N) is 1. The van der Waals surface area contributed by atoms with E-state index in [4.69, 9.17) is 10.6 Å². The Morgan fingerprint density at radius 3 is 2.37 bits per heavy atom. The summed E-state index contributed by atoms with van der Waals surface area (Å²) in [5.74, 6) is 6.01. The number of nitrogens with two attached hydrogens (primary N) is 1. The van der Waals surface area contributed by atoms with E-state index in [1.807, 2.05) is 31.2 Å². The minimum Gasteiger partial charge on any atom is -0.494 e. The molecule has 0 fully saturated rings. The Morgan fingerprint density at radius 1 is 1.11 bits per heavy atom. The van der Waals surface area contributed by atoms with E-state index in [1.165, 1.54) is 6.07 Å². The Balaban J connectivity index is 2.45. The van der Waals surface area contributed by atoms with Crippen molar-refractivity contribution in [1.29, 1.82) is 0 Å². The third kappa shape index (κ3) is 2.92. The normalized spacial score (nSPS) is 12.2. The summed E-state index contributed by atoms with van der Waals surface area (Å²) in [6.45, 7) is 2.45. The quantitative estimate of drug-likeness (QED) is 0.642. The van der Waals surface area contributed by atoms with Gasteiger partial charge in [0.15, 0.2) is 0 Å². The summed E-state index contributed by atoms with van der Waals surface area (Å²) >= 11 is 0. The molecule has 1 unspecified atom stereocenters. The molecule has 0 aliphatic rings. The predicted molar refractivity (Wildman–Crippen MR) is 73.2 cm³/mol. The van der Waals surface area contributed by atoms with Crippen molar-refractivity contribution in [3.8, 4) is 5.75 Å². The third-order valence-corrected chi connectivity index (χ3v) is 2.91. The summed E-state index contributed by atoms with van der Waals surface area (Å²) in [7, 11) is 0. The molecule has 0 bridgehead atoms. The second-order valence-electron chi connectivity index (χ2n) is 4.09. The molecular formula is C15H17FN2O. The van der Waals surface area contributed by atoms with E-state index in [9.17, 15) is 4.39 Å². The molecule has 100 valence electrons. The van der Waals surface area contributed by atoms with Gasteiger partial charge in [-0.15, -0.1) is 0 Å². The number of ether oxygens (including phenoxy) is 1. The van der Waals surface area contributed by atoms with Gasteiger partial charge in [-0.1, -0.05) is 36.4 Å². The summed E-state index contributed by atoms with van der Waals surface area (Å²) in [6.07, 6.45) is 0. The maximum Gasteiger partial charge on any atom is 0.128 e. The average Bonchev–Trinajstić information content (AvgIpc) is 2.44. The first kappa shape index (κ1) is 13.5. The zero-order valence-corrected chi connectivity index (χ0v) is 10.8. The van der Waals surface area contributed by atoms with E-state index in [0.717, 1.165) is 5.56 Å². The van der Waals surface area contributed by atoms with Crippen molar-refractivity contribution >= 4 is 0 Å². The van der Waals surface area contributed by atoms with Crippen LogP contribution in [-0.2, 0) is 0 Å². The van der Waals surface area contributed by atoms with Crippen LogP contribution in [-0.4, -0.2) is 6.61 Å². The lowest BCUT2D eigenvalue weighted by Crippen LogP contribution is -2.29. The smallest absolute Gasteiger partial charge is 0.128 e. The first-order valence-corrected chi connectivity index (χ1v) is 6.20. The predicted octanol–water partition coefficient (Wildman–Crippen LogP) is 2.78. The van der Waals surface area contributed by atoms with E-state index in [1.54, 1.807) is 18.2 Å². The average molecular weight is 260 g/mol. The molecule has 3 nitrogen and oxygen atoms in total. The fourth-order valence-electron chi connectivity index (χ4n) is 2.06. The van der Waals surface area contributed by atoms with Gasteiger partial charge in [0.25, 0.3) is 0 Å². The molecule has 3 N–H and O–H groups in total. The van der Waals surface area contributed by atoms with Crippen LogP contribution in [0.15, 0.2) is 48.5 Å². The topological polar surface area (TPSA) is 47.3 Å².